The molecule has 2 N–H and O–H groups in total. The summed E-state index contributed by atoms with van der Waals surface area (Å²) in [6.45, 7) is 7.10. The van der Waals surface area contributed by atoms with Crippen molar-refractivity contribution in [2.24, 2.45) is 0 Å². The Morgan fingerprint density at radius 2 is 2.19 bits per heavy atom. The number of hydrogen-bond donors (Lipinski definition) is 2. The van der Waals surface area contributed by atoms with Crippen LogP contribution in [0.2, 0.25) is 0 Å². The van der Waals surface area contributed by atoms with E-state index in [1.54, 1.807) is 0 Å². The van der Waals surface area contributed by atoms with Gasteiger partial charge >= 0.3 is 0 Å². The van der Waals surface area contributed by atoms with Gasteiger partial charge in [-0.1, -0.05) is 20.3 Å². The second-order valence-electron chi connectivity index (χ2n) is 5.07. The molecule has 0 aromatic carbocycles. The molecule has 16 heavy (non-hydrogen) atoms. The molecule has 0 heterocycles. The molecule has 1 saturated carbocycles. The summed E-state index contributed by atoms with van der Waals surface area (Å²) in [7, 11) is 1.97. The molecule has 1 aliphatic carbocycles. The third kappa shape index (κ3) is 3.19. The lowest BCUT2D eigenvalue weighted by Gasteiger charge is -2.31. The third-order valence-electron chi connectivity index (χ3n) is 4.14. The van der Waals surface area contributed by atoms with E-state index >= 15 is 0 Å². The number of aliphatic hydroxyl groups excluding tert-OH is 1. The minimum atomic E-state index is -0.00962. The summed E-state index contributed by atoms with van der Waals surface area (Å²) in [4.78, 5) is 2.58. The van der Waals surface area contributed by atoms with Gasteiger partial charge in [0.1, 0.15) is 0 Å². The van der Waals surface area contributed by atoms with Gasteiger partial charge < -0.3 is 15.3 Å². The van der Waals surface area contributed by atoms with Crippen molar-refractivity contribution >= 4 is 0 Å². The fourth-order valence-corrected chi connectivity index (χ4v) is 2.82. The van der Waals surface area contributed by atoms with E-state index in [1.807, 2.05) is 7.05 Å². The highest BCUT2D eigenvalue weighted by atomic mass is 16.3. The molecule has 0 radical (unpaired) electrons. The number of unbranched alkanes of at least 4 members (excludes halogenated alkanes) is 1. The molecular weight excluding hydrogens is 200 g/mol. The van der Waals surface area contributed by atoms with Crippen LogP contribution in [0.1, 0.15) is 46.0 Å². The number of rotatable bonds is 7. The molecule has 0 aliphatic heterocycles. The molecule has 2 unspecified atom stereocenters. The molecule has 1 aliphatic rings. The molecule has 2 atom stereocenters. The summed E-state index contributed by atoms with van der Waals surface area (Å²) in [6.07, 6.45) is 5.97. The first kappa shape index (κ1) is 13.9. The number of nitrogens with zero attached hydrogens (tertiary/aromatic N) is 1. The Labute approximate surface area is 100 Å². The zero-order chi connectivity index (χ0) is 12.0. The van der Waals surface area contributed by atoms with Crippen molar-refractivity contribution < 1.29 is 5.11 Å². The zero-order valence-corrected chi connectivity index (χ0v) is 11.1. The normalized spacial score (nSPS) is 30.2. The molecule has 96 valence electrons. The summed E-state index contributed by atoms with van der Waals surface area (Å²) in [6, 6.07) is 0.663. The molecule has 0 aromatic rings. The monoisotopic (exact) mass is 228 g/mol. The topological polar surface area (TPSA) is 35.5 Å². The Morgan fingerprint density at radius 1 is 1.44 bits per heavy atom. The van der Waals surface area contributed by atoms with Gasteiger partial charge in [-0.25, -0.2) is 0 Å². The highest BCUT2D eigenvalue weighted by Gasteiger charge is 2.39. The van der Waals surface area contributed by atoms with E-state index in [1.165, 1.54) is 25.8 Å². The van der Waals surface area contributed by atoms with Crippen LogP contribution in [-0.4, -0.2) is 48.3 Å². The van der Waals surface area contributed by atoms with Gasteiger partial charge in [0.05, 0.1) is 6.61 Å². The van der Waals surface area contributed by atoms with Gasteiger partial charge in [0.25, 0.3) is 0 Å². The van der Waals surface area contributed by atoms with Crippen LogP contribution in [0.5, 0.6) is 0 Å². The molecular formula is C13H28N2O. The number of aliphatic hydroxyl groups is 1. The van der Waals surface area contributed by atoms with Crippen molar-refractivity contribution in [2.75, 3.05) is 26.7 Å². The first-order chi connectivity index (χ1) is 7.71. The SMILES string of the molecule is CCCCN(CC)C1CCC(CO)(NC)C1. The summed E-state index contributed by atoms with van der Waals surface area (Å²) in [5, 5.41) is 12.8. The molecule has 0 bridgehead atoms. The Morgan fingerprint density at radius 3 is 2.62 bits per heavy atom. The van der Waals surface area contributed by atoms with Gasteiger partial charge in [-0.15, -0.1) is 0 Å². The number of likely N-dealkylation sites (N-methyl/N-ethyl adjacent to an activating group) is 1. The number of hydrogen-bond acceptors (Lipinski definition) is 3. The van der Waals surface area contributed by atoms with Crippen LogP contribution in [0, 0.1) is 0 Å². The van der Waals surface area contributed by atoms with E-state index in [0.717, 1.165) is 19.4 Å². The Bertz CT molecular complexity index is 192. The van der Waals surface area contributed by atoms with Crippen LogP contribution >= 0.6 is 0 Å². The summed E-state index contributed by atoms with van der Waals surface area (Å²) in [5.74, 6) is 0. The lowest BCUT2D eigenvalue weighted by molar-refractivity contribution is 0.149. The zero-order valence-electron chi connectivity index (χ0n) is 11.1. The van der Waals surface area contributed by atoms with E-state index in [2.05, 4.69) is 24.1 Å². The maximum atomic E-state index is 9.48. The quantitative estimate of drug-likeness (QED) is 0.695. The van der Waals surface area contributed by atoms with Crippen molar-refractivity contribution in [1.82, 2.24) is 10.2 Å². The lowest BCUT2D eigenvalue weighted by atomic mass is 9.99. The van der Waals surface area contributed by atoms with E-state index in [9.17, 15) is 5.11 Å². The predicted octanol–water partition coefficient (Wildman–Crippen LogP) is 1.61. The second-order valence-corrected chi connectivity index (χ2v) is 5.07. The molecule has 0 amide bonds. The standard InChI is InChI=1S/C13H28N2O/c1-4-6-9-15(5-2)12-7-8-13(10-12,11-16)14-3/h12,14,16H,4-11H2,1-3H3. The molecule has 1 fully saturated rings. The van der Waals surface area contributed by atoms with Crippen molar-refractivity contribution in [3.05, 3.63) is 0 Å². The molecule has 3 nitrogen and oxygen atoms in total. The van der Waals surface area contributed by atoms with Gasteiger partial charge in [0.15, 0.2) is 0 Å². The van der Waals surface area contributed by atoms with E-state index < -0.39 is 0 Å². The fraction of sp³-hybridized carbons (Fsp3) is 1.00. The minimum Gasteiger partial charge on any atom is -0.394 e. The minimum absolute atomic E-state index is 0.00962. The Balaban J connectivity index is 2.49. The van der Waals surface area contributed by atoms with Crippen LogP contribution in [0.15, 0.2) is 0 Å². The molecule has 0 saturated heterocycles. The van der Waals surface area contributed by atoms with Gasteiger partial charge in [-0.05, 0) is 45.8 Å². The number of nitrogens with one attached hydrogen (secondary N) is 1. The Hall–Kier alpha value is -0.120. The Kier molecular flexibility index (Phi) is 5.73. The predicted molar refractivity (Wildman–Crippen MR) is 68.7 cm³/mol. The average Bonchev–Trinajstić information content (AvgIpc) is 2.75. The van der Waals surface area contributed by atoms with E-state index in [-0.39, 0.29) is 12.1 Å². The van der Waals surface area contributed by atoms with Crippen LogP contribution in [0.4, 0.5) is 0 Å². The van der Waals surface area contributed by atoms with Crippen molar-refractivity contribution in [3.63, 3.8) is 0 Å². The van der Waals surface area contributed by atoms with Crippen molar-refractivity contribution in [2.45, 2.75) is 57.5 Å². The third-order valence-corrected chi connectivity index (χ3v) is 4.14. The first-order valence-electron chi connectivity index (χ1n) is 6.75. The van der Waals surface area contributed by atoms with Gasteiger partial charge in [-0.3, -0.25) is 0 Å². The molecule has 0 spiro atoms. The van der Waals surface area contributed by atoms with Crippen LogP contribution in [0.3, 0.4) is 0 Å². The molecule has 3 heteroatoms. The highest BCUT2D eigenvalue weighted by Crippen LogP contribution is 2.32. The van der Waals surface area contributed by atoms with Crippen LogP contribution in [0.25, 0.3) is 0 Å². The molecule has 1 rings (SSSR count). The summed E-state index contributed by atoms with van der Waals surface area (Å²) in [5.41, 5.74) is -0.00962. The summed E-state index contributed by atoms with van der Waals surface area (Å²) < 4.78 is 0. The molecule has 0 aromatic heterocycles. The van der Waals surface area contributed by atoms with Gasteiger partial charge in [0.2, 0.25) is 0 Å². The fourth-order valence-electron chi connectivity index (χ4n) is 2.82. The van der Waals surface area contributed by atoms with Crippen LogP contribution < -0.4 is 5.32 Å². The summed E-state index contributed by atoms with van der Waals surface area (Å²) >= 11 is 0. The van der Waals surface area contributed by atoms with Crippen molar-refractivity contribution in [1.29, 1.82) is 0 Å². The van der Waals surface area contributed by atoms with Gasteiger partial charge in [0, 0.05) is 11.6 Å². The largest absolute Gasteiger partial charge is 0.394 e. The highest BCUT2D eigenvalue weighted by molar-refractivity contribution is 4.98. The van der Waals surface area contributed by atoms with E-state index in [0.29, 0.717) is 6.04 Å². The van der Waals surface area contributed by atoms with Crippen molar-refractivity contribution in [3.8, 4) is 0 Å². The maximum Gasteiger partial charge on any atom is 0.0613 e. The average molecular weight is 228 g/mol. The lowest BCUT2D eigenvalue weighted by Crippen LogP contribution is -2.46. The maximum absolute atomic E-state index is 9.48. The first-order valence-corrected chi connectivity index (χ1v) is 6.75. The van der Waals surface area contributed by atoms with Gasteiger partial charge in [-0.2, -0.15) is 0 Å². The second kappa shape index (κ2) is 6.58. The van der Waals surface area contributed by atoms with Crippen LogP contribution in [-0.2, 0) is 0 Å². The smallest absolute Gasteiger partial charge is 0.0613 e. The van der Waals surface area contributed by atoms with E-state index in [4.69, 9.17) is 0 Å².